The van der Waals surface area contributed by atoms with Gasteiger partial charge in [0.15, 0.2) is 12.4 Å². The van der Waals surface area contributed by atoms with Crippen molar-refractivity contribution in [2.24, 2.45) is 0 Å². The molecular weight excluding hydrogens is 437 g/mol. The number of alkyl halides is 2. The molecule has 2 heterocycles. The summed E-state index contributed by atoms with van der Waals surface area (Å²) in [6, 6.07) is 7.15. The Morgan fingerprint density at radius 3 is 2.76 bits per heavy atom. The summed E-state index contributed by atoms with van der Waals surface area (Å²) in [4.78, 5) is 21.3. The van der Waals surface area contributed by atoms with Gasteiger partial charge in [0.25, 0.3) is 11.8 Å². The highest BCUT2D eigenvalue weighted by molar-refractivity contribution is 5.83. The van der Waals surface area contributed by atoms with E-state index in [2.05, 4.69) is 21.2 Å². The molecule has 0 saturated carbocycles. The Hall–Kier alpha value is -3.48. The van der Waals surface area contributed by atoms with Gasteiger partial charge in [0.05, 0.1) is 19.0 Å². The van der Waals surface area contributed by atoms with Crippen LogP contribution in [0.2, 0.25) is 0 Å². The molecule has 0 bridgehead atoms. The zero-order chi connectivity index (χ0) is 24.0. The average Bonchev–Trinajstić information content (AvgIpc) is 3.24. The van der Waals surface area contributed by atoms with Crippen molar-refractivity contribution in [2.45, 2.75) is 38.2 Å². The molecule has 1 N–H and O–H groups in total. The summed E-state index contributed by atoms with van der Waals surface area (Å²) in [5.41, 5.74) is 0.818. The fraction of sp³-hybridized carbons (Fsp3) is 0.435. The molecule has 1 saturated heterocycles. The van der Waals surface area contributed by atoms with Crippen LogP contribution in [-0.4, -0.2) is 54.1 Å². The van der Waals surface area contributed by atoms with E-state index >= 15 is 0 Å². The van der Waals surface area contributed by atoms with Gasteiger partial charge in [-0.1, -0.05) is 18.1 Å². The second-order valence-electron chi connectivity index (χ2n) is 7.86. The Bertz CT molecular complexity index is 1010. The number of nitrogens with one attached hydrogen (secondary N) is 1. The first-order chi connectivity index (χ1) is 15.7. The van der Waals surface area contributed by atoms with Gasteiger partial charge in [-0.05, 0) is 24.6 Å². The van der Waals surface area contributed by atoms with Gasteiger partial charge in [0.2, 0.25) is 11.7 Å². The summed E-state index contributed by atoms with van der Waals surface area (Å²) in [7, 11) is 0. The van der Waals surface area contributed by atoms with Crippen LogP contribution in [0.1, 0.15) is 31.7 Å². The smallest absolute Gasteiger partial charge is 0.278 e. The maximum absolute atomic E-state index is 14.7. The topological polar surface area (TPSA) is 76.6 Å². The second-order valence-corrected chi connectivity index (χ2v) is 7.86. The summed E-state index contributed by atoms with van der Waals surface area (Å²) in [5, 5.41) is 2.65. The van der Waals surface area contributed by atoms with Gasteiger partial charge >= 0.3 is 0 Å². The summed E-state index contributed by atoms with van der Waals surface area (Å²) in [6.45, 7) is 2.47. The van der Waals surface area contributed by atoms with Crippen molar-refractivity contribution >= 4 is 11.7 Å². The van der Waals surface area contributed by atoms with Gasteiger partial charge in [0.1, 0.15) is 18.2 Å². The number of amides is 1. The molecule has 1 amide bonds. The van der Waals surface area contributed by atoms with Gasteiger partial charge in [-0.2, -0.15) is 9.37 Å². The standard InChI is InChI=1S/C23H25F3N4O3/c1-4-10-27-21(31)15(2)16-5-7-17(8-6-16)33-18-9-11-30(12-18)20-19(24)22(29-14-28-20)32-13-23(3,25)26/h1,5-8,14-15,18H,9-13H2,2-3H3,(H,27,31). The lowest BCUT2D eigenvalue weighted by atomic mass is 10.0. The van der Waals surface area contributed by atoms with E-state index in [1.165, 1.54) is 0 Å². The van der Waals surface area contributed by atoms with Gasteiger partial charge in [0, 0.05) is 19.9 Å². The molecule has 2 atom stereocenters. The van der Waals surface area contributed by atoms with Crippen LogP contribution in [0.3, 0.4) is 0 Å². The number of terminal acetylenes is 1. The van der Waals surface area contributed by atoms with Gasteiger partial charge < -0.3 is 19.7 Å². The van der Waals surface area contributed by atoms with Crippen molar-refractivity contribution in [3.8, 4) is 24.0 Å². The fourth-order valence-corrected chi connectivity index (χ4v) is 3.35. The number of hydrogen-bond acceptors (Lipinski definition) is 6. The zero-order valence-corrected chi connectivity index (χ0v) is 18.4. The summed E-state index contributed by atoms with van der Waals surface area (Å²) < 4.78 is 51.5. The molecule has 1 aliphatic heterocycles. The van der Waals surface area contributed by atoms with Gasteiger partial charge in [-0.25, -0.2) is 13.8 Å². The highest BCUT2D eigenvalue weighted by Gasteiger charge is 2.30. The van der Waals surface area contributed by atoms with Crippen molar-refractivity contribution < 1.29 is 27.4 Å². The number of nitrogens with zero attached hydrogens (tertiary/aromatic N) is 3. The second kappa shape index (κ2) is 10.4. The Balaban J connectivity index is 1.59. The molecule has 33 heavy (non-hydrogen) atoms. The molecule has 176 valence electrons. The number of carbonyl (C=O) groups excluding carboxylic acids is 1. The number of anilines is 1. The van der Waals surface area contributed by atoms with Crippen molar-refractivity contribution in [1.82, 2.24) is 15.3 Å². The summed E-state index contributed by atoms with van der Waals surface area (Å²) >= 11 is 0. The molecule has 0 aliphatic carbocycles. The van der Waals surface area contributed by atoms with Crippen LogP contribution in [0.5, 0.6) is 11.6 Å². The molecule has 1 aliphatic rings. The van der Waals surface area contributed by atoms with E-state index in [4.69, 9.17) is 15.9 Å². The molecule has 1 aromatic carbocycles. The molecule has 2 aromatic rings. The largest absolute Gasteiger partial charge is 0.489 e. The van der Waals surface area contributed by atoms with E-state index in [1.807, 2.05) is 0 Å². The van der Waals surface area contributed by atoms with E-state index < -0.39 is 24.2 Å². The van der Waals surface area contributed by atoms with E-state index in [0.29, 0.717) is 32.2 Å². The lowest BCUT2D eigenvalue weighted by molar-refractivity contribution is -0.121. The third kappa shape index (κ3) is 6.51. The van der Waals surface area contributed by atoms with Gasteiger partial charge in [-0.15, -0.1) is 6.42 Å². The Morgan fingerprint density at radius 1 is 1.36 bits per heavy atom. The highest BCUT2D eigenvalue weighted by Crippen LogP contribution is 2.29. The van der Waals surface area contributed by atoms with Crippen molar-refractivity contribution in [1.29, 1.82) is 0 Å². The molecule has 2 unspecified atom stereocenters. The summed E-state index contributed by atoms with van der Waals surface area (Å²) in [5.74, 6) is -2.07. The van der Waals surface area contributed by atoms with Crippen LogP contribution >= 0.6 is 0 Å². The van der Waals surface area contributed by atoms with Crippen LogP contribution in [0.4, 0.5) is 19.0 Å². The Labute approximate surface area is 190 Å². The van der Waals surface area contributed by atoms with Crippen molar-refractivity contribution in [3.05, 3.63) is 42.0 Å². The number of ether oxygens (including phenoxy) is 2. The number of hydrogen-bond donors (Lipinski definition) is 1. The SMILES string of the molecule is C#CCNC(=O)C(C)c1ccc(OC2CCN(c3ncnc(OCC(C)(F)F)c3F)C2)cc1. The van der Waals surface area contributed by atoms with Crippen LogP contribution in [-0.2, 0) is 4.79 Å². The minimum Gasteiger partial charge on any atom is -0.489 e. The quantitative estimate of drug-likeness (QED) is 0.577. The molecule has 3 rings (SSSR count). The molecule has 7 nitrogen and oxygen atoms in total. The zero-order valence-electron chi connectivity index (χ0n) is 18.4. The molecule has 10 heteroatoms. The van der Waals surface area contributed by atoms with Crippen molar-refractivity contribution in [2.75, 3.05) is 31.1 Å². The third-order valence-electron chi connectivity index (χ3n) is 5.09. The monoisotopic (exact) mass is 462 g/mol. The first-order valence-corrected chi connectivity index (χ1v) is 10.4. The molecule has 0 spiro atoms. The summed E-state index contributed by atoms with van der Waals surface area (Å²) in [6.07, 6.45) is 6.62. The third-order valence-corrected chi connectivity index (χ3v) is 5.09. The van der Waals surface area contributed by atoms with Crippen LogP contribution in [0.25, 0.3) is 0 Å². The van der Waals surface area contributed by atoms with E-state index in [9.17, 15) is 18.0 Å². The van der Waals surface area contributed by atoms with E-state index in [1.54, 1.807) is 36.1 Å². The lowest BCUT2D eigenvalue weighted by Crippen LogP contribution is -2.28. The number of rotatable bonds is 9. The predicted molar refractivity (Wildman–Crippen MR) is 116 cm³/mol. The lowest BCUT2D eigenvalue weighted by Gasteiger charge is -2.20. The normalized spacial score (nSPS) is 16.7. The first-order valence-electron chi connectivity index (χ1n) is 10.4. The predicted octanol–water partition coefficient (Wildman–Crippen LogP) is 3.16. The van der Waals surface area contributed by atoms with Crippen LogP contribution in [0, 0.1) is 18.2 Å². The maximum Gasteiger partial charge on any atom is 0.278 e. The minimum atomic E-state index is -3.11. The van der Waals surface area contributed by atoms with Crippen LogP contribution < -0.4 is 19.7 Å². The highest BCUT2D eigenvalue weighted by atomic mass is 19.3. The first kappa shape index (κ1) is 24.2. The molecule has 1 aromatic heterocycles. The molecular formula is C23H25F3N4O3. The van der Waals surface area contributed by atoms with Crippen molar-refractivity contribution in [3.63, 3.8) is 0 Å². The minimum absolute atomic E-state index is 0.0207. The molecule has 1 fully saturated rings. The number of aromatic nitrogens is 2. The fourth-order valence-electron chi connectivity index (χ4n) is 3.35. The number of carbonyl (C=O) groups is 1. The van der Waals surface area contributed by atoms with Gasteiger partial charge in [-0.3, -0.25) is 4.79 Å². The Morgan fingerprint density at radius 2 is 2.09 bits per heavy atom. The average molecular weight is 462 g/mol. The molecule has 0 radical (unpaired) electrons. The maximum atomic E-state index is 14.7. The van der Waals surface area contributed by atoms with E-state index in [0.717, 1.165) is 11.9 Å². The van der Waals surface area contributed by atoms with E-state index in [-0.39, 0.29) is 30.3 Å². The number of halogens is 3. The Kier molecular flexibility index (Phi) is 7.63. The number of benzene rings is 1. The van der Waals surface area contributed by atoms with Crippen LogP contribution in [0.15, 0.2) is 30.6 Å².